The summed E-state index contributed by atoms with van der Waals surface area (Å²) in [7, 11) is 1.78. The van der Waals surface area contributed by atoms with Crippen LogP contribution in [0.15, 0.2) is 42.5 Å². The minimum atomic E-state index is 0.639. The highest BCUT2D eigenvalue weighted by atomic mass is 16.5. The van der Waals surface area contributed by atoms with Crippen LogP contribution in [0.3, 0.4) is 0 Å². The molecule has 0 fully saturated rings. The zero-order valence-corrected chi connectivity index (χ0v) is 9.64. The van der Waals surface area contributed by atoms with Gasteiger partial charge in [-0.25, -0.2) is 0 Å². The van der Waals surface area contributed by atoms with Crippen molar-refractivity contribution in [2.75, 3.05) is 0 Å². The highest BCUT2D eigenvalue weighted by molar-refractivity contribution is 6.48. The number of fused-ring (bicyclic) bond motifs is 1. The van der Waals surface area contributed by atoms with E-state index in [0.29, 0.717) is 6.61 Å². The fraction of sp³-hybridized carbons (Fsp3) is 0.143. The van der Waals surface area contributed by atoms with Gasteiger partial charge in [0.05, 0.1) is 6.61 Å². The van der Waals surface area contributed by atoms with Gasteiger partial charge < -0.3 is 9.39 Å². The molecule has 17 heavy (non-hydrogen) atoms. The van der Waals surface area contributed by atoms with Crippen LogP contribution >= 0.6 is 0 Å². The topological polar surface area (TPSA) is 18.5 Å². The molecule has 83 valence electrons. The van der Waals surface area contributed by atoms with Crippen LogP contribution in [-0.2, 0) is 11.3 Å². The van der Waals surface area contributed by atoms with Crippen molar-refractivity contribution in [1.29, 1.82) is 0 Å². The predicted molar refractivity (Wildman–Crippen MR) is 67.9 cm³/mol. The summed E-state index contributed by atoms with van der Waals surface area (Å²) in [5.74, 6) is 1.71. The minimum absolute atomic E-state index is 0.639. The Morgan fingerprint density at radius 2 is 1.82 bits per heavy atom. The summed E-state index contributed by atoms with van der Waals surface area (Å²) in [4.78, 5) is 0. The molecule has 0 saturated heterocycles. The van der Waals surface area contributed by atoms with Gasteiger partial charge in [0.25, 0.3) is 0 Å². The first-order valence-electron chi connectivity index (χ1n) is 5.63. The lowest BCUT2D eigenvalue weighted by molar-refractivity contribution is 0.344. The molecule has 1 radical (unpaired) electrons. The van der Waals surface area contributed by atoms with Crippen LogP contribution in [0.2, 0.25) is 0 Å². The van der Waals surface area contributed by atoms with E-state index in [9.17, 15) is 0 Å². The molecule has 1 aliphatic rings. The van der Waals surface area contributed by atoms with Gasteiger partial charge in [-0.3, -0.25) is 0 Å². The maximum atomic E-state index is 5.79. The monoisotopic (exact) mass is 223 g/mol. The van der Waals surface area contributed by atoms with Crippen LogP contribution in [0.4, 0.5) is 0 Å². The Morgan fingerprint density at radius 1 is 1.06 bits per heavy atom. The fourth-order valence-corrected chi connectivity index (χ4v) is 1.85. The molecule has 1 heterocycles. The van der Waals surface area contributed by atoms with Crippen molar-refractivity contribution in [2.24, 2.45) is 0 Å². The van der Waals surface area contributed by atoms with Gasteiger partial charge >= 0.3 is 7.48 Å². The van der Waals surface area contributed by atoms with Crippen molar-refractivity contribution in [2.45, 2.75) is 13.5 Å². The summed E-state index contributed by atoms with van der Waals surface area (Å²) in [6, 6.07) is 14.0. The van der Waals surface area contributed by atoms with E-state index >= 15 is 0 Å². The molecule has 0 unspecified atom stereocenters. The van der Waals surface area contributed by atoms with Crippen molar-refractivity contribution < 1.29 is 9.39 Å². The highest BCUT2D eigenvalue weighted by Crippen LogP contribution is 2.23. The predicted octanol–water partition coefficient (Wildman–Crippen LogP) is 2.56. The zero-order valence-electron chi connectivity index (χ0n) is 9.64. The van der Waals surface area contributed by atoms with Crippen LogP contribution in [0.5, 0.6) is 11.5 Å². The summed E-state index contributed by atoms with van der Waals surface area (Å²) < 4.78 is 11.0. The number of hydrogen-bond acceptors (Lipinski definition) is 2. The lowest BCUT2D eigenvalue weighted by Crippen LogP contribution is -2.10. The van der Waals surface area contributed by atoms with E-state index in [1.807, 2.05) is 42.5 Å². The molecule has 0 aliphatic carbocycles. The average molecular weight is 223 g/mol. The Morgan fingerprint density at radius 3 is 2.65 bits per heavy atom. The molecule has 2 aromatic rings. The molecule has 0 saturated carbocycles. The molecule has 0 bridgehead atoms. The Bertz CT molecular complexity index is 534. The van der Waals surface area contributed by atoms with E-state index in [1.54, 1.807) is 7.48 Å². The van der Waals surface area contributed by atoms with Gasteiger partial charge in [-0.05, 0) is 42.2 Å². The third-order valence-corrected chi connectivity index (χ3v) is 2.82. The van der Waals surface area contributed by atoms with E-state index in [1.165, 1.54) is 11.1 Å². The molecular weight excluding hydrogens is 211 g/mol. The smallest absolute Gasteiger partial charge is 0.330 e. The van der Waals surface area contributed by atoms with Crippen LogP contribution < -0.4 is 10.2 Å². The summed E-state index contributed by atoms with van der Waals surface area (Å²) in [5.41, 5.74) is 3.55. The second-order valence-electron chi connectivity index (χ2n) is 4.20. The summed E-state index contributed by atoms with van der Waals surface area (Å²) >= 11 is 0. The van der Waals surface area contributed by atoms with Gasteiger partial charge in [0.1, 0.15) is 11.5 Å². The SMILES string of the molecule is Cc1ccc(Oc2ccc3c(c2)CO[B]3)cc1. The first-order valence-corrected chi connectivity index (χ1v) is 5.63. The Kier molecular flexibility index (Phi) is 2.61. The third-order valence-electron chi connectivity index (χ3n) is 2.82. The van der Waals surface area contributed by atoms with Crippen LogP contribution in [0.25, 0.3) is 0 Å². The van der Waals surface area contributed by atoms with Crippen molar-refractivity contribution in [3.63, 3.8) is 0 Å². The Hall–Kier alpha value is -1.74. The summed E-state index contributed by atoms with van der Waals surface area (Å²) in [5, 5.41) is 0. The molecule has 2 aromatic carbocycles. The lowest BCUT2D eigenvalue weighted by Gasteiger charge is -2.07. The molecule has 3 heteroatoms. The number of aryl methyl sites for hydroxylation is 1. The molecule has 1 aliphatic heterocycles. The summed E-state index contributed by atoms with van der Waals surface area (Å²) in [6.07, 6.45) is 0. The molecule has 0 atom stereocenters. The Balaban J connectivity index is 1.83. The maximum absolute atomic E-state index is 5.79. The third kappa shape index (κ3) is 2.20. The molecule has 0 N–H and O–H groups in total. The second-order valence-corrected chi connectivity index (χ2v) is 4.20. The van der Waals surface area contributed by atoms with Crippen LogP contribution in [0, 0.1) is 6.92 Å². The second kappa shape index (κ2) is 4.26. The van der Waals surface area contributed by atoms with E-state index < -0.39 is 0 Å². The first-order chi connectivity index (χ1) is 8.31. The molecular formula is C14H12BO2. The van der Waals surface area contributed by atoms with Gasteiger partial charge in [-0.2, -0.15) is 0 Å². The number of ether oxygens (including phenoxy) is 1. The van der Waals surface area contributed by atoms with Crippen molar-refractivity contribution in [3.8, 4) is 11.5 Å². The van der Waals surface area contributed by atoms with Gasteiger partial charge in [0.2, 0.25) is 0 Å². The Labute approximate surface area is 101 Å². The number of benzene rings is 2. The van der Waals surface area contributed by atoms with Gasteiger partial charge in [-0.15, -0.1) is 0 Å². The minimum Gasteiger partial charge on any atom is -0.457 e. The molecule has 3 rings (SSSR count). The maximum Gasteiger partial charge on any atom is 0.330 e. The van der Waals surface area contributed by atoms with E-state index in [0.717, 1.165) is 17.0 Å². The molecule has 0 amide bonds. The van der Waals surface area contributed by atoms with Gasteiger partial charge in [0.15, 0.2) is 0 Å². The fourth-order valence-electron chi connectivity index (χ4n) is 1.85. The molecule has 0 spiro atoms. The molecule has 0 aromatic heterocycles. The van der Waals surface area contributed by atoms with Crippen LogP contribution in [0.1, 0.15) is 11.1 Å². The molecule has 2 nitrogen and oxygen atoms in total. The highest BCUT2D eigenvalue weighted by Gasteiger charge is 2.13. The van der Waals surface area contributed by atoms with Gasteiger partial charge in [0, 0.05) is 0 Å². The number of rotatable bonds is 2. The standard InChI is InChI=1S/C14H12BO2/c1-10-2-4-12(5-3-10)17-13-6-7-14-11(8-13)9-16-15-14/h2-8H,9H2,1H3. The number of hydrogen-bond donors (Lipinski definition) is 0. The average Bonchev–Trinajstić information content (AvgIpc) is 2.79. The van der Waals surface area contributed by atoms with E-state index in [4.69, 9.17) is 9.39 Å². The van der Waals surface area contributed by atoms with Crippen molar-refractivity contribution >= 4 is 12.9 Å². The van der Waals surface area contributed by atoms with E-state index in [-0.39, 0.29) is 0 Å². The summed E-state index contributed by atoms with van der Waals surface area (Å²) in [6.45, 7) is 2.70. The zero-order chi connectivity index (χ0) is 11.7. The van der Waals surface area contributed by atoms with Crippen molar-refractivity contribution in [1.82, 2.24) is 0 Å². The van der Waals surface area contributed by atoms with Gasteiger partial charge in [-0.1, -0.05) is 23.8 Å². The largest absolute Gasteiger partial charge is 0.457 e. The quantitative estimate of drug-likeness (QED) is 0.728. The normalized spacial score (nSPS) is 13.0. The lowest BCUT2D eigenvalue weighted by atomic mass is 9.87. The van der Waals surface area contributed by atoms with Crippen molar-refractivity contribution in [3.05, 3.63) is 53.6 Å². The van der Waals surface area contributed by atoms with Crippen LogP contribution in [-0.4, -0.2) is 7.48 Å². The van der Waals surface area contributed by atoms with E-state index in [2.05, 4.69) is 6.92 Å². The first kappa shape index (κ1) is 10.4.